The lowest BCUT2D eigenvalue weighted by Gasteiger charge is -2.31. The maximum Gasteiger partial charge on any atom is 0.219 e. The molecule has 1 atom stereocenters. The molecule has 0 saturated heterocycles. The van der Waals surface area contributed by atoms with Gasteiger partial charge in [0.05, 0.1) is 0 Å². The number of halogens is 1. The zero-order valence-corrected chi connectivity index (χ0v) is 17.7. The van der Waals surface area contributed by atoms with E-state index in [-0.39, 0.29) is 5.41 Å². The summed E-state index contributed by atoms with van der Waals surface area (Å²) >= 11 is 6.09. The fourth-order valence-corrected chi connectivity index (χ4v) is 3.94. The van der Waals surface area contributed by atoms with Crippen LogP contribution in [0, 0.1) is 0 Å². The van der Waals surface area contributed by atoms with Gasteiger partial charge < -0.3 is 4.74 Å². The molecule has 0 radical (unpaired) electrons. The molecule has 3 aromatic rings. The minimum absolute atomic E-state index is 0.0303. The van der Waals surface area contributed by atoms with Crippen LogP contribution in [0.15, 0.2) is 85.5 Å². The van der Waals surface area contributed by atoms with Crippen molar-refractivity contribution in [3.8, 4) is 11.6 Å². The number of pyridine rings is 1. The highest BCUT2D eigenvalue weighted by Crippen LogP contribution is 2.36. The van der Waals surface area contributed by atoms with Crippen LogP contribution in [-0.4, -0.2) is 4.98 Å². The lowest BCUT2D eigenvalue weighted by Crippen LogP contribution is -2.23. The van der Waals surface area contributed by atoms with Gasteiger partial charge in [0.25, 0.3) is 0 Å². The van der Waals surface area contributed by atoms with Crippen molar-refractivity contribution in [1.29, 1.82) is 0 Å². The summed E-state index contributed by atoms with van der Waals surface area (Å²) in [5.74, 6) is 1.43. The molecular formula is C26H28ClNO. The van der Waals surface area contributed by atoms with Crippen LogP contribution in [0.3, 0.4) is 0 Å². The minimum atomic E-state index is -0.0303. The molecule has 0 fully saturated rings. The van der Waals surface area contributed by atoms with Crippen LogP contribution in [0.5, 0.6) is 11.6 Å². The molecule has 3 heteroatoms. The first-order valence-electron chi connectivity index (χ1n) is 10.2. The Morgan fingerprint density at radius 2 is 1.72 bits per heavy atom. The molecule has 0 amide bonds. The van der Waals surface area contributed by atoms with Crippen molar-refractivity contribution in [2.24, 2.45) is 0 Å². The van der Waals surface area contributed by atoms with E-state index < -0.39 is 0 Å². The molecule has 2 nitrogen and oxygen atoms in total. The summed E-state index contributed by atoms with van der Waals surface area (Å²) in [7, 11) is 0. The van der Waals surface area contributed by atoms with Gasteiger partial charge in [-0.15, -0.1) is 6.58 Å². The van der Waals surface area contributed by atoms with E-state index in [0.29, 0.717) is 5.88 Å². The van der Waals surface area contributed by atoms with Crippen molar-refractivity contribution in [2.45, 2.75) is 44.4 Å². The van der Waals surface area contributed by atoms with E-state index in [9.17, 15) is 0 Å². The van der Waals surface area contributed by atoms with Gasteiger partial charge in [-0.3, -0.25) is 0 Å². The van der Waals surface area contributed by atoms with Crippen molar-refractivity contribution in [1.82, 2.24) is 4.98 Å². The first kappa shape index (κ1) is 21.1. The maximum absolute atomic E-state index is 6.09. The average molecular weight is 406 g/mol. The Bertz CT molecular complexity index is 908. The lowest BCUT2D eigenvalue weighted by atomic mass is 9.73. The number of para-hydroxylation sites is 1. The first-order valence-corrected chi connectivity index (χ1v) is 10.6. The van der Waals surface area contributed by atoms with Gasteiger partial charge in [0.2, 0.25) is 5.88 Å². The van der Waals surface area contributed by atoms with Crippen LogP contribution in [-0.2, 0) is 11.8 Å². The van der Waals surface area contributed by atoms with Gasteiger partial charge in [0.1, 0.15) is 5.75 Å². The molecule has 29 heavy (non-hydrogen) atoms. The molecule has 0 aliphatic rings. The third-order valence-corrected chi connectivity index (χ3v) is 5.56. The number of rotatable bonds is 10. The molecule has 0 aliphatic carbocycles. The van der Waals surface area contributed by atoms with Crippen molar-refractivity contribution < 1.29 is 4.74 Å². The van der Waals surface area contributed by atoms with Crippen molar-refractivity contribution >= 4 is 11.6 Å². The van der Waals surface area contributed by atoms with Gasteiger partial charge in [-0.1, -0.05) is 67.4 Å². The minimum Gasteiger partial charge on any atom is -0.439 e. The summed E-state index contributed by atoms with van der Waals surface area (Å²) in [5.41, 5.74) is 2.30. The van der Waals surface area contributed by atoms with Crippen LogP contribution >= 0.6 is 11.6 Å². The van der Waals surface area contributed by atoms with Gasteiger partial charge in [-0.05, 0) is 61.6 Å². The predicted molar refractivity (Wildman–Crippen MR) is 122 cm³/mol. The van der Waals surface area contributed by atoms with Gasteiger partial charge >= 0.3 is 0 Å². The Morgan fingerprint density at radius 1 is 0.966 bits per heavy atom. The third kappa shape index (κ3) is 5.71. The standard InChI is InChI=1S/C26H28ClNO/c1-3-19-26(4-2,21-15-17-22(27)18-16-21)20-9-11-23-10-8-14-25(28-23)29-24-12-6-5-7-13-24/h4-8,10,12-18H,2-3,9,11,19-20H2,1H3. The van der Waals surface area contributed by atoms with Gasteiger partial charge in [0.15, 0.2) is 0 Å². The van der Waals surface area contributed by atoms with E-state index in [1.54, 1.807) is 0 Å². The molecule has 0 bridgehead atoms. The Hall–Kier alpha value is -2.58. The first-order chi connectivity index (χ1) is 14.1. The molecule has 0 spiro atoms. The van der Waals surface area contributed by atoms with E-state index in [1.807, 2.05) is 54.6 Å². The Morgan fingerprint density at radius 3 is 2.41 bits per heavy atom. The molecule has 0 aliphatic heterocycles. The van der Waals surface area contributed by atoms with E-state index in [4.69, 9.17) is 16.3 Å². The van der Waals surface area contributed by atoms with Crippen LogP contribution in [0.25, 0.3) is 0 Å². The molecule has 2 aromatic carbocycles. The zero-order valence-electron chi connectivity index (χ0n) is 17.0. The van der Waals surface area contributed by atoms with Crippen LogP contribution in [0.1, 0.15) is 43.9 Å². The predicted octanol–water partition coefficient (Wildman–Crippen LogP) is 7.77. The zero-order chi connectivity index (χ0) is 20.5. The summed E-state index contributed by atoms with van der Waals surface area (Å²) in [5, 5.41) is 0.766. The molecule has 1 unspecified atom stereocenters. The van der Waals surface area contributed by atoms with E-state index >= 15 is 0 Å². The topological polar surface area (TPSA) is 22.1 Å². The summed E-state index contributed by atoms with van der Waals surface area (Å²) in [4.78, 5) is 4.68. The van der Waals surface area contributed by atoms with E-state index in [2.05, 4.69) is 42.8 Å². The Labute approximate surface area is 179 Å². The number of allylic oxidation sites excluding steroid dienone is 1. The SMILES string of the molecule is C=CC(CCC)(CCCc1cccc(Oc2ccccc2)n1)c1ccc(Cl)cc1. The van der Waals surface area contributed by atoms with Crippen molar-refractivity contribution in [2.75, 3.05) is 0 Å². The summed E-state index contributed by atoms with van der Waals surface area (Å²) in [6, 6.07) is 23.9. The van der Waals surface area contributed by atoms with Gasteiger partial charge in [0, 0.05) is 22.2 Å². The van der Waals surface area contributed by atoms with Crippen LogP contribution in [0.4, 0.5) is 0 Å². The Balaban J connectivity index is 1.67. The lowest BCUT2D eigenvalue weighted by molar-refractivity contribution is 0.430. The van der Waals surface area contributed by atoms with E-state index in [0.717, 1.165) is 48.6 Å². The highest BCUT2D eigenvalue weighted by Gasteiger charge is 2.27. The number of aryl methyl sites for hydroxylation is 1. The quantitative estimate of drug-likeness (QED) is 0.321. The average Bonchev–Trinajstić information content (AvgIpc) is 2.75. The molecule has 150 valence electrons. The number of nitrogens with zero attached hydrogens (tertiary/aromatic N) is 1. The van der Waals surface area contributed by atoms with Crippen molar-refractivity contribution in [3.05, 3.63) is 102 Å². The van der Waals surface area contributed by atoms with Crippen LogP contribution in [0.2, 0.25) is 5.02 Å². The number of benzene rings is 2. The fraction of sp³-hybridized carbons (Fsp3) is 0.269. The largest absolute Gasteiger partial charge is 0.439 e. The number of ether oxygens (including phenoxy) is 1. The summed E-state index contributed by atoms with van der Waals surface area (Å²) in [6.07, 6.45) is 7.24. The van der Waals surface area contributed by atoms with Gasteiger partial charge in [-0.25, -0.2) is 4.98 Å². The number of hydrogen-bond acceptors (Lipinski definition) is 2. The fourth-order valence-electron chi connectivity index (χ4n) is 3.81. The van der Waals surface area contributed by atoms with E-state index in [1.165, 1.54) is 5.56 Å². The van der Waals surface area contributed by atoms with Gasteiger partial charge in [-0.2, -0.15) is 0 Å². The molecular weight excluding hydrogens is 378 g/mol. The molecule has 3 rings (SSSR count). The number of hydrogen-bond donors (Lipinski definition) is 0. The highest BCUT2D eigenvalue weighted by atomic mass is 35.5. The number of aromatic nitrogens is 1. The summed E-state index contributed by atoms with van der Waals surface area (Å²) < 4.78 is 5.87. The van der Waals surface area contributed by atoms with Crippen molar-refractivity contribution in [3.63, 3.8) is 0 Å². The monoisotopic (exact) mass is 405 g/mol. The molecule has 0 N–H and O–H groups in total. The molecule has 1 aromatic heterocycles. The summed E-state index contributed by atoms with van der Waals surface area (Å²) in [6.45, 7) is 6.39. The smallest absolute Gasteiger partial charge is 0.219 e. The highest BCUT2D eigenvalue weighted by molar-refractivity contribution is 6.30. The normalized spacial score (nSPS) is 12.9. The van der Waals surface area contributed by atoms with Crippen LogP contribution < -0.4 is 4.74 Å². The Kier molecular flexibility index (Phi) is 7.48. The second-order valence-electron chi connectivity index (χ2n) is 7.35. The molecule has 0 saturated carbocycles. The third-order valence-electron chi connectivity index (χ3n) is 5.31. The second-order valence-corrected chi connectivity index (χ2v) is 7.79. The molecule has 1 heterocycles. The maximum atomic E-state index is 6.09. The second kappa shape index (κ2) is 10.3.